The molecule has 0 N–H and O–H groups in total. The number of Topliss-reactive ketones (excluding diaryl/α,β-unsaturated/α-hetero) is 1. The Morgan fingerprint density at radius 3 is 2.75 bits per heavy atom. The molecule has 0 fully saturated rings. The predicted octanol–water partition coefficient (Wildman–Crippen LogP) is 3.54. The molecule has 1 aromatic heterocycles. The van der Waals surface area contributed by atoms with Gasteiger partial charge in [0.2, 0.25) is 0 Å². The number of esters is 1. The van der Waals surface area contributed by atoms with Crippen LogP contribution in [0.15, 0.2) is 47.1 Å². The molecule has 2 rings (SSSR count). The summed E-state index contributed by atoms with van der Waals surface area (Å²) in [6.45, 7) is -0.347. The van der Waals surface area contributed by atoms with Crippen LogP contribution in [0.4, 0.5) is 0 Å². The molecule has 0 saturated heterocycles. The van der Waals surface area contributed by atoms with Gasteiger partial charge in [-0.1, -0.05) is 39.7 Å². The van der Waals surface area contributed by atoms with Gasteiger partial charge in [0.1, 0.15) is 5.15 Å². The summed E-state index contributed by atoms with van der Waals surface area (Å²) in [5, 5.41) is 0.0485. The topological polar surface area (TPSA) is 56.3 Å². The Morgan fingerprint density at radius 1 is 1.25 bits per heavy atom. The zero-order valence-electron chi connectivity index (χ0n) is 10.2. The van der Waals surface area contributed by atoms with Crippen molar-refractivity contribution in [3.8, 4) is 0 Å². The van der Waals surface area contributed by atoms with E-state index in [9.17, 15) is 9.59 Å². The van der Waals surface area contributed by atoms with Gasteiger partial charge < -0.3 is 4.74 Å². The molecule has 0 atom stereocenters. The molecule has 0 radical (unpaired) electrons. The number of hydrogen-bond acceptors (Lipinski definition) is 4. The Kier molecular flexibility index (Phi) is 4.87. The monoisotopic (exact) mass is 353 g/mol. The summed E-state index contributed by atoms with van der Waals surface area (Å²) in [5.74, 6) is -0.967. The third-order valence-corrected chi connectivity index (χ3v) is 3.25. The summed E-state index contributed by atoms with van der Waals surface area (Å²) in [6.07, 6.45) is 1.46. The van der Waals surface area contributed by atoms with Crippen LogP contribution >= 0.6 is 27.5 Å². The van der Waals surface area contributed by atoms with E-state index in [0.29, 0.717) is 5.56 Å². The van der Waals surface area contributed by atoms with Gasteiger partial charge in [-0.3, -0.25) is 4.79 Å². The van der Waals surface area contributed by atoms with Crippen molar-refractivity contribution >= 4 is 39.3 Å². The van der Waals surface area contributed by atoms with Crippen LogP contribution in [-0.2, 0) is 4.74 Å². The molecule has 0 bridgehead atoms. The molecule has 0 spiro atoms. The average molecular weight is 355 g/mol. The van der Waals surface area contributed by atoms with Gasteiger partial charge in [-0.25, -0.2) is 9.78 Å². The van der Waals surface area contributed by atoms with Crippen LogP contribution < -0.4 is 0 Å². The lowest BCUT2D eigenvalue weighted by molar-refractivity contribution is 0.0474. The maximum absolute atomic E-state index is 11.9. The fraction of sp³-hybridized carbons (Fsp3) is 0.0714. The van der Waals surface area contributed by atoms with Gasteiger partial charge in [0, 0.05) is 16.2 Å². The highest BCUT2D eigenvalue weighted by molar-refractivity contribution is 9.10. The zero-order chi connectivity index (χ0) is 14.5. The van der Waals surface area contributed by atoms with Crippen LogP contribution in [0.2, 0.25) is 5.15 Å². The molecule has 0 saturated carbocycles. The third kappa shape index (κ3) is 3.65. The van der Waals surface area contributed by atoms with E-state index in [1.54, 1.807) is 30.3 Å². The average Bonchev–Trinajstić information content (AvgIpc) is 2.45. The van der Waals surface area contributed by atoms with Gasteiger partial charge in [0.05, 0.1) is 5.56 Å². The Labute approximate surface area is 128 Å². The van der Waals surface area contributed by atoms with Gasteiger partial charge in [-0.05, 0) is 24.3 Å². The first-order valence-corrected chi connectivity index (χ1v) is 6.81. The Hall–Kier alpha value is -1.72. The number of carbonyl (C=O) groups excluding carboxylic acids is 2. The van der Waals surface area contributed by atoms with E-state index in [-0.39, 0.29) is 23.1 Å². The number of nitrogens with zero attached hydrogens (tertiary/aromatic N) is 1. The lowest BCUT2D eigenvalue weighted by Crippen LogP contribution is -2.14. The maximum atomic E-state index is 11.9. The molecule has 102 valence electrons. The highest BCUT2D eigenvalue weighted by atomic mass is 79.9. The number of hydrogen-bond donors (Lipinski definition) is 0. The van der Waals surface area contributed by atoms with Gasteiger partial charge in [-0.15, -0.1) is 0 Å². The van der Waals surface area contributed by atoms with Crippen LogP contribution in [0.25, 0.3) is 0 Å². The number of aromatic nitrogens is 1. The third-order valence-electron chi connectivity index (χ3n) is 2.46. The van der Waals surface area contributed by atoms with Gasteiger partial charge >= 0.3 is 5.97 Å². The largest absolute Gasteiger partial charge is 0.454 e. The van der Waals surface area contributed by atoms with Crippen LogP contribution in [0, 0.1) is 0 Å². The summed E-state index contributed by atoms with van der Waals surface area (Å²) in [7, 11) is 0. The molecule has 2 aromatic rings. The lowest BCUT2D eigenvalue weighted by atomic mass is 10.1. The highest BCUT2D eigenvalue weighted by Gasteiger charge is 2.15. The molecule has 0 unspecified atom stereocenters. The first kappa shape index (κ1) is 14.7. The Morgan fingerprint density at radius 2 is 2.05 bits per heavy atom. The van der Waals surface area contributed by atoms with E-state index in [1.807, 2.05) is 0 Å². The summed E-state index contributed by atoms with van der Waals surface area (Å²) >= 11 is 9.04. The van der Waals surface area contributed by atoms with Crippen molar-refractivity contribution in [2.24, 2.45) is 0 Å². The second kappa shape index (κ2) is 6.63. The maximum Gasteiger partial charge on any atom is 0.341 e. The van der Waals surface area contributed by atoms with Crippen molar-refractivity contribution in [1.82, 2.24) is 4.98 Å². The minimum absolute atomic E-state index is 0.0485. The van der Waals surface area contributed by atoms with Gasteiger partial charge in [-0.2, -0.15) is 0 Å². The molecule has 1 heterocycles. The van der Waals surface area contributed by atoms with Crippen LogP contribution in [0.1, 0.15) is 20.7 Å². The molecule has 1 aromatic carbocycles. The van der Waals surface area contributed by atoms with Crippen molar-refractivity contribution in [3.05, 3.63) is 63.3 Å². The minimum Gasteiger partial charge on any atom is -0.454 e. The predicted molar refractivity (Wildman–Crippen MR) is 78.0 cm³/mol. The van der Waals surface area contributed by atoms with Crippen LogP contribution in [0.5, 0.6) is 0 Å². The van der Waals surface area contributed by atoms with Crippen molar-refractivity contribution in [1.29, 1.82) is 0 Å². The fourth-order valence-corrected chi connectivity index (χ4v) is 2.09. The van der Waals surface area contributed by atoms with Crippen LogP contribution in [-0.4, -0.2) is 23.3 Å². The first-order chi connectivity index (χ1) is 9.58. The summed E-state index contributed by atoms with van der Waals surface area (Å²) in [5.41, 5.74) is 0.598. The molecular formula is C14H9BrClNO3. The minimum atomic E-state index is -0.675. The quantitative estimate of drug-likeness (QED) is 0.479. The number of halogens is 2. The molecule has 4 nitrogen and oxygen atoms in total. The van der Waals surface area contributed by atoms with Crippen LogP contribution in [0.3, 0.4) is 0 Å². The standard InChI is InChI=1S/C14H9BrClNO3/c15-10-4-1-3-9(7-10)12(18)8-20-14(19)11-5-2-6-17-13(11)16/h1-7H,8H2. The smallest absolute Gasteiger partial charge is 0.341 e. The molecule has 20 heavy (non-hydrogen) atoms. The zero-order valence-corrected chi connectivity index (χ0v) is 12.5. The Balaban J connectivity index is 2.01. The highest BCUT2D eigenvalue weighted by Crippen LogP contribution is 2.14. The molecule has 0 aliphatic rings. The summed E-state index contributed by atoms with van der Waals surface area (Å²) in [6, 6.07) is 9.90. The summed E-state index contributed by atoms with van der Waals surface area (Å²) in [4.78, 5) is 27.4. The van der Waals surface area contributed by atoms with E-state index in [1.165, 1.54) is 12.3 Å². The fourth-order valence-electron chi connectivity index (χ4n) is 1.49. The number of rotatable bonds is 4. The first-order valence-electron chi connectivity index (χ1n) is 5.64. The molecule has 0 aliphatic heterocycles. The number of ether oxygens (including phenoxy) is 1. The Bertz CT molecular complexity index is 660. The second-order valence-corrected chi connectivity index (χ2v) is 5.13. The van der Waals surface area contributed by atoms with Crippen molar-refractivity contribution in [2.75, 3.05) is 6.61 Å². The molecule has 6 heteroatoms. The van der Waals surface area contributed by atoms with E-state index in [4.69, 9.17) is 16.3 Å². The lowest BCUT2D eigenvalue weighted by Gasteiger charge is -2.05. The number of ketones is 1. The van der Waals surface area contributed by atoms with Gasteiger partial charge in [0.25, 0.3) is 0 Å². The van der Waals surface area contributed by atoms with E-state index in [0.717, 1.165) is 4.47 Å². The molecule has 0 amide bonds. The molecule has 0 aliphatic carbocycles. The van der Waals surface area contributed by atoms with E-state index in [2.05, 4.69) is 20.9 Å². The normalized spacial score (nSPS) is 10.1. The number of carbonyl (C=O) groups is 2. The van der Waals surface area contributed by atoms with Crippen molar-refractivity contribution < 1.29 is 14.3 Å². The van der Waals surface area contributed by atoms with Crippen molar-refractivity contribution in [3.63, 3.8) is 0 Å². The van der Waals surface area contributed by atoms with Crippen molar-refractivity contribution in [2.45, 2.75) is 0 Å². The number of benzene rings is 1. The molecular weight excluding hydrogens is 346 g/mol. The van der Waals surface area contributed by atoms with E-state index < -0.39 is 5.97 Å². The summed E-state index contributed by atoms with van der Waals surface area (Å²) < 4.78 is 5.72. The SMILES string of the molecule is O=C(COC(=O)c1cccnc1Cl)c1cccc(Br)c1. The van der Waals surface area contributed by atoms with E-state index >= 15 is 0 Å². The second-order valence-electron chi connectivity index (χ2n) is 3.85. The van der Waals surface area contributed by atoms with Gasteiger partial charge in [0.15, 0.2) is 12.4 Å². The number of pyridine rings is 1.